The molecule has 4 nitrogen and oxygen atoms in total. The Kier molecular flexibility index (Phi) is 4.97. The van der Waals surface area contributed by atoms with E-state index in [9.17, 15) is 4.79 Å². The van der Waals surface area contributed by atoms with Crippen molar-refractivity contribution in [1.29, 1.82) is 0 Å². The minimum Gasteiger partial charge on any atom is -0.494 e. The number of aryl methyl sites for hydroxylation is 1. The number of hydrogen-bond donors (Lipinski definition) is 2. The summed E-state index contributed by atoms with van der Waals surface area (Å²) >= 11 is 0. The lowest BCUT2D eigenvalue weighted by atomic mass is 10.0. The van der Waals surface area contributed by atoms with Crippen LogP contribution in [0.5, 0.6) is 5.75 Å². The van der Waals surface area contributed by atoms with E-state index in [1.807, 2.05) is 32.0 Å². The SMILES string of the molecule is CCOc1ccc(C(NC)C(=O)NC)cc1C. The van der Waals surface area contributed by atoms with Crippen LogP contribution in [0.2, 0.25) is 0 Å². The predicted octanol–water partition coefficient (Wildman–Crippen LogP) is 1.40. The van der Waals surface area contributed by atoms with Crippen molar-refractivity contribution in [1.82, 2.24) is 10.6 Å². The molecule has 0 saturated carbocycles. The molecule has 0 heterocycles. The topological polar surface area (TPSA) is 50.4 Å². The smallest absolute Gasteiger partial charge is 0.241 e. The van der Waals surface area contributed by atoms with Crippen LogP contribution in [0.3, 0.4) is 0 Å². The fourth-order valence-electron chi connectivity index (χ4n) is 1.76. The lowest BCUT2D eigenvalue weighted by Crippen LogP contribution is -2.33. The molecular weight excluding hydrogens is 216 g/mol. The number of ether oxygens (including phenoxy) is 1. The summed E-state index contributed by atoms with van der Waals surface area (Å²) in [5, 5.41) is 5.64. The maximum atomic E-state index is 11.7. The largest absolute Gasteiger partial charge is 0.494 e. The molecule has 0 fully saturated rings. The van der Waals surface area contributed by atoms with Crippen LogP contribution in [-0.4, -0.2) is 26.6 Å². The van der Waals surface area contributed by atoms with E-state index in [1.54, 1.807) is 14.1 Å². The average Bonchev–Trinajstić information content (AvgIpc) is 2.33. The summed E-state index contributed by atoms with van der Waals surface area (Å²) in [7, 11) is 3.40. The van der Waals surface area contributed by atoms with Crippen LogP contribution in [0.25, 0.3) is 0 Å². The highest BCUT2D eigenvalue weighted by molar-refractivity contribution is 5.83. The van der Waals surface area contributed by atoms with Gasteiger partial charge in [0.15, 0.2) is 0 Å². The molecule has 1 amide bonds. The van der Waals surface area contributed by atoms with Crippen LogP contribution in [-0.2, 0) is 4.79 Å². The van der Waals surface area contributed by atoms with Gasteiger partial charge in [0.25, 0.3) is 0 Å². The van der Waals surface area contributed by atoms with Gasteiger partial charge in [0, 0.05) is 7.05 Å². The second kappa shape index (κ2) is 6.25. The van der Waals surface area contributed by atoms with E-state index in [1.165, 1.54) is 0 Å². The molecule has 1 rings (SSSR count). The van der Waals surface area contributed by atoms with Crippen molar-refractivity contribution in [3.63, 3.8) is 0 Å². The number of carbonyl (C=O) groups is 1. The van der Waals surface area contributed by atoms with Gasteiger partial charge in [0.2, 0.25) is 5.91 Å². The van der Waals surface area contributed by atoms with Crippen molar-refractivity contribution in [2.24, 2.45) is 0 Å². The Balaban J connectivity index is 2.98. The van der Waals surface area contributed by atoms with Crippen molar-refractivity contribution in [2.75, 3.05) is 20.7 Å². The Labute approximate surface area is 102 Å². The molecule has 0 aromatic heterocycles. The summed E-state index contributed by atoms with van der Waals surface area (Å²) in [6, 6.07) is 5.46. The summed E-state index contributed by atoms with van der Waals surface area (Å²) in [6.45, 7) is 4.57. The van der Waals surface area contributed by atoms with Gasteiger partial charge in [-0.3, -0.25) is 4.79 Å². The third kappa shape index (κ3) is 3.20. The molecule has 0 bridgehead atoms. The van der Waals surface area contributed by atoms with Crippen LogP contribution in [0.15, 0.2) is 18.2 Å². The number of amides is 1. The summed E-state index contributed by atoms with van der Waals surface area (Å²) in [6.07, 6.45) is 0. The van der Waals surface area contributed by atoms with Crippen molar-refractivity contribution in [3.05, 3.63) is 29.3 Å². The molecule has 2 N–H and O–H groups in total. The zero-order valence-corrected chi connectivity index (χ0v) is 10.8. The number of rotatable bonds is 5. The van der Waals surface area contributed by atoms with E-state index in [0.29, 0.717) is 6.61 Å². The molecule has 1 aromatic carbocycles. The Morgan fingerprint density at radius 2 is 2.12 bits per heavy atom. The molecule has 0 aliphatic carbocycles. The number of hydrogen-bond acceptors (Lipinski definition) is 3. The van der Waals surface area contributed by atoms with Gasteiger partial charge in [0.05, 0.1) is 6.61 Å². The lowest BCUT2D eigenvalue weighted by Gasteiger charge is -2.16. The first-order valence-corrected chi connectivity index (χ1v) is 5.76. The zero-order chi connectivity index (χ0) is 12.8. The van der Waals surface area contributed by atoms with Crippen LogP contribution in [0.4, 0.5) is 0 Å². The molecular formula is C13H20N2O2. The van der Waals surface area contributed by atoms with Gasteiger partial charge >= 0.3 is 0 Å². The average molecular weight is 236 g/mol. The normalized spacial score (nSPS) is 12.0. The zero-order valence-electron chi connectivity index (χ0n) is 10.8. The Morgan fingerprint density at radius 1 is 1.41 bits per heavy atom. The van der Waals surface area contributed by atoms with Crippen LogP contribution >= 0.6 is 0 Å². The minimum absolute atomic E-state index is 0.0453. The Morgan fingerprint density at radius 3 is 2.59 bits per heavy atom. The van der Waals surface area contributed by atoms with E-state index < -0.39 is 0 Å². The molecule has 0 aliphatic heterocycles. The number of benzene rings is 1. The third-order valence-corrected chi connectivity index (χ3v) is 2.63. The summed E-state index contributed by atoms with van der Waals surface area (Å²) in [5.74, 6) is 0.819. The predicted molar refractivity (Wildman–Crippen MR) is 68.2 cm³/mol. The maximum absolute atomic E-state index is 11.7. The van der Waals surface area contributed by atoms with Gasteiger partial charge in [-0.05, 0) is 38.1 Å². The molecule has 1 unspecified atom stereocenters. The number of likely N-dealkylation sites (N-methyl/N-ethyl adjacent to an activating group) is 2. The molecule has 0 spiro atoms. The fourth-order valence-corrected chi connectivity index (χ4v) is 1.76. The van der Waals surface area contributed by atoms with E-state index in [0.717, 1.165) is 16.9 Å². The standard InChI is InChI=1S/C13H20N2O2/c1-5-17-11-7-6-10(8-9(11)2)12(14-3)13(16)15-4/h6-8,12,14H,5H2,1-4H3,(H,15,16). The van der Waals surface area contributed by atoms with Gasteiger partial charge in [-0.25, -0.2) is 0 Å². The second-order valence-corrected chi connectivity index (χ2v) is 3.79. The monoisotopic (exact) mass is 236 g/mol. The van der Waals surface area contributed by atoms with Gasteiger partial charge in [-0.1, -0.05) is 12.1 Å². The van der Waals surface area contributed by atoms with E-state index in [4.69, 9.17) is 4.74 Å². The molecule has 0 saturated heterocycles. The molecule has 1 atom stereocenters. The minimum atomic E-state index is -0.325. The molecule has 94 valence electrons. The Hall–Kier alpha value is -1.55. The number of nitrogens with one attached hydrogen (secondary N) is 2. The molecule has 17 heavy (non-hydrogen) atoms. The highest BCUT2D eigenvalue weighted by Gasteiger charge is 2.17. The van der Waals surface area contributed by atoms with Crippen molar-refractivity contribution in [3.8, 4) is 5.75 Å². The van der Waals surface area contributed by atoms with Crippen LogP contribution in [0, 0.1) is 6.92 Å². The lowest BCUT2D eigenvalue weighted by molar-refractivity contribution is -0.122. The van der Waals surface area contributed by atoms with Crippen LogP contribution < -0.4 is 15.4 Å². The molecule has 0 radical (unpaired) electrons. The van der Waals surface area contributed by atoms with E-state index in [2.05, 4.69) is 10.6 Å². The summed E-state index contributed by atoms with van der Waals surface area (Å²) < 4.78 is 5.47. The maximum Gasteiger partial charge on any atom is 0.241 e. The van der Waals surface area contributed by atoms with Gasteiger partial charge < -0.3 is 15.4 Å². The first kappa shape index (κ1) is 13.5. The first-order valence-electron chi connectivity index (χ1n) is 5.76. The van der Waals surface area contributed by atoms with Crippen molar-refractivity contribution in [2.45, 2.75) is 19.9 Å². The van der Waals surface area contributed by atoms with E-state index in [-0.39, 0.29) is 11.9 Å². The molecule has 0 aliphatic rings. The number of carbonyl (C=O) groups excluding carboxylic acids is 1. The highest BCUT2D eigenvalue weighted by atomic mass is 16.5. The van der Waals surface area contributed by atoms with Crippen molar-refractivity contribution >= 4 is 5.91 Å². The quantitative estimate of drug-likeness (QED) is 0.812. The van der Waals surface area contributed by atoms with Gasteiger partial charge in [-0.2, -0.15) is 0 Å². The Bertz CT molecular complexity index is 391. The fraction of sp³-hybridized carbons (Fsp3) is 0.462. The molecule has 1 aromatic rings. The summed E-state index contributed by atoms with van der Waals surface area (Å²) in [4.78, 5) is 11.7. The van der Waals surface area contributed by atoms with Crippen molar-refractivity contribution < 1.29 is 9.53 Å². The van der Waals surface area contributed by atoms with E-state index >= 15 is 0 Å². The second-order valence-electron chi connectivity index (χ2n) is 3.79. The molecule has 4 heteroatoms. The van der Waals surface area contributed by atoms with Gasteiger partial charge in [-0.15, -0.1) is 0 Å². The summed E-state index contributed by atoms with van der Waals surface area (Å²) in [5.41, 5.74) is 1.97. The first-order chi connectivity index (χ1) is 8.13. The van der Waals surface area contributed by atoms with Crippen LogP contribution in [0.1, 0.15) is 24.1 Å². The third-order valence-electron chi connectivity index (χ3n) is 2.63. The van der Waals surface area contributed by atoms with Gasteiger partial charge in [0.1, 0.15) is 11.8 Å². The highest BCUT2D eigenvalue weighted by Crippen LogP contribution is 2.22.